The lowest BCUT2D eigenvalue weighted by atomic mass is 9.64. The Morgan fingerprint density at radius 2 is 2.08 bits per heavy atom. The fourth-order valence-corrected chi connectivity index (χ4v) is 2.60. The first-order chi connectivity index (χ1) is 5.77. The summed E-state index contributed by atoms with van der Waals surface area (Å²) in [6.45, 7) is 1.52. The Morgan fingerprint density at radius 1 is 1.25 bits per heavy atom. The third-order valence-electron chi connectivity index (χ3n) is 3.33. The van der Waals surface area contributed by atoms with Crippen LogP contribution in [-0.4, -0.2) is 12.1 Å². The highest BCUT2D eigenvalue weighted by Gasteiger charge is 2.40. The van der Waals surface area contributed by atoms with Crippen molar-refractivity contribution >= 4 is 5.97 Å². The monoisotopic (exact) mass is 168 g/mol. The van der Waals surface area contributed by atoms with Crippen molar-refractivity contribution in [2.75, 3.05) is 0 Å². The second-order valence-corrected chi connectivity index (χ2v) is 4.08. The zero-order valence-corrected chi connectivity index (χ0v) is 7.58. The molecule has 0 aromatic carbocycles. The van der Waals surface area contributed by atoms with Crippen molar-refractivity contribution in [1.82, 2.24) is 0 Å². The Hall–Kier alpha value is -0.530. The summed E-state index contributed by atoms with van der Waals surface area (Å²) in [7, 11) is 0. The molecule has 2 aliphatic rings. The predicted octanol–water partition coefficient (Wildman–Crippen LogP) is 2.13. The first-order valence-electron chi connectivity index (χ1n) is 4.94. The van der Waals surface area contributed by atoms with E-state index in [0.29, 0.717) is 5.92 Å². The van der Waals surface area contributed by atoms with E-state index < -0.39 is 0 Å². The van der Waals surface area contributed by atoms with Gasteiger partial charge in [0.1, 0.15) is 6.10 Å². The van der Waals surface area contributed by atoms with E-state index in [4.69, 9.17) is 4.74 Å². The molecule has 0 aromatic heterocycles. The van der Waals surface area contributed by atoms with E-state index in [2.05, 4.69) is 0 Å². The van der Waals surface area contributed by atoms with Crippen molar-refractivity contribution in [1.29, 1.82) is 0 Å². The first kappa shape index (κ1) is 8.09. The van der Waals surface area contributed by atoms with E-state index in [-0.39, 0.29) is 12.1 Å². The Bertz CT molecular complexity index is 188. The van der Waals surface area contributed by atoms with Crippen LogP contribution >= 0.6 is 0 Å². The van der Waals surface area contributed by atoms with Crippen LogP contribution in [0.4, 0.5) is 0 Å². The number of ether oxygens (including phenoxy) is 1. The number of hydrogen-bond donors (Lipinski definition) is 0. The molecule has 2 rings (SSSR count). The van der Waals surface area contributed by atoms with Crippen LogP contribution in [0.5, 0.6) is 0 Å². The lowest BCUT2D eigenvalue weighted by Gasteiger charge is -2.45. The zero-order valence-electron chi connectivity index (χ0n) is 7.58. The van der Waals surface area contributed by atoms with Gasteiger partial charge in [0.2, 0.25) is 0 Å². The molecule has 0 N–H and O–H groups in total. The Balaban J connectivity index is 1.91. The summed E-state index contributed by atoms with van der Waals surface area (Å²) in [6.07, 6.45) is 6.61. The Morgan fingerprint density at radius 3 is 2.67 bits per heavy atom. The largest absolute Gasteiger partial charge is 0.462 e. The van der Waals surface area contributed by atoms with E-state index in [1.54, 1.807) is 0 Å². The quantitative estimate of drug-likeness (QED) is 0.561. The lowest BCUT2D eigenvalue weighted by Crippen LogP contribution is -2.41. The van der Waals surface area contributed by atoms with Crippen LogP contribution in [0.15, 0.2) is 0 Å². The predicted molar refractivity (Wildman–Crippen MR) is 45.6 cm³/mol. The van der Waals surface area contributed by atoms with Gasteiger partial charge in [-0.15, -0.1) is 0 Å². The number of fused-ring (bicyclic) bond motifs is 1. The molecule has 0 amide bonds. The molecule has 2 heteroatoms. The van der Waals surface area contributed by atoms with Crippen molar-refractivity contribution in [2.45, 2.75) is 45.1 Å². The van der Waals surface area contributed by atoms with Crippen molar-refractivity contribution in [2.24, 2.45) is 11.8 Å². The lowest BCUT2D eigenvalue weighted by molar-refractivity contribution is -0.156. The van der Waals surface area contributed by atoms with Crippen molar-refractivity contribution < 1.29 is 9.53 Å². The van der Waals surface area contributed by atoms with Gasteiger partial charge in [-0.3, -0.25) is 4.79 Å². The Kier molecular flexibility index (Phi) is 2.07. The van der Waals surface area contributed by atoms with Gasteiger partial charge in [-0.25, -0.2) is 0 Å². The van der Waals surface area contributed by atoms with Gasteiger partial charge in [0.15, 0.2) is 0 Å². The standard InChI is InChI=1S/C10H16O2/c1-7(11)12-10-4-2-3-8-5-6-9(8)10/h8-10H,2-6H2,1H3/t8-,9-,10+/m0/s1. The van der Waals surface area contributed by atoms with Crippen LogP contribution in [0.2, 0.25) is 0 Å². The molecule has 0 saturated heterocycles. The molecular formula is C10H16O2. The van der Waals surface area contributed by atoms with Gasteiger partial charge in [0, 0.05) is 6.92 Å². The summed E-state index contributed by atoms with van der Waals surface area (Å²) in [6, 6.07) is 0. The van der Waals surface area contributed by atoms with Gasteiger partial charge in [-0.2, -0.15) is 0 Å². The second kappa shape index (κ2) is 3.08. The van der Waals surface area contributed by atoms with E-state index in [1.807, 2.05) is 0 Å². The second-order valence-electron chi connectivity index (χ2n) is 4.08. The third kappa shape index (κ3) is 1.35. The maximum Gasteiger partial charge on any atom is 0.302 e. The molecule has 68 valence electrons. The summed E-state index contributed by atoms with van der Waals surface area (Å²) < 4.78 is 5.29. The molecule has 2 fully saturated rings. The molecule has 2 nitrogen and oxygen atoms in total. The molecule has 2 saturated carbocycles. The summed E-state index contributed by atoms with van der Waals surface area (Å²) in [4.78, 5) is 10.8. The highest BCUT2D eigenvalue weighted by atomic mass is 16.5. The van der Waals surface area contributed by atoms with Crippen molar-refractivity contribution in [3.63, 3.8) is 0 Å². The fourth-order valence-electron chi connectivity index (χ4n) is 2.60. The molecule has 3 atom stereocenters. The molecule has 0 bridgehead atoms. The maximum absolute atomic E-state index is 10.8. The van der Waals surface area contributed by atoms with Gasteiger partial charge in [0.25, 0.3) is 0 Å². The SMILES string of the molecule is CC(=O)O[C@@H]1CCC[C@H]2CC[C@@H]21. The molecule has 0 spiro atoms. The topological polar surface area (TPSA) is 26.3 Å². The van der Waals surface area contributed by atoms with Gasteiger partial charge in [-0.1, -0.05) is 0 Å². The van der Waals surface area contributed by atoms with Crippen LogP contribution in [0, 0.1) is 11.8 Å². The van der Waals surface area contributed by atoms with Gasteiger partial charge >= 0.3 is 5.97 Å². The molecule has 0 aromatic rings. The van der Waals surface area contributed by atoms with Crippen LogP contribution in [-0.2, 0) is 9.53 Å². The normalized spacial score (nSPS) is 39.6. The average molecular weight is 168 g/mol. The Labute approximate surface area is 73.3 Å². The number of rotatable bonds is 1. The molecule has 0 heterocycles. The maximum atomic E-state index is 10.8. The zero-order chi connectivity index (χ0) is 8.55. The minimum Gasteiger partial charge on any atom is -0.462 e. The smallest absolute Gasteiger partial charge is 0.302 e. The van der Waals surface area contributed by atoms with Gasteiger partial charge < -0.3 is 4.74 Å². The number of esters is 1. The van der Waals surface area contributed by atoms with Crippen molar-refractivity contribution in [3.05, 3.63) is 0 Å². The van der Waals surface area contributed by atoms with Crippen LogP contribution < -0.4 is 0 Å². The van der Waals surface area contributed by atoms with E-state index in [9.17, 15) is 4.79 Å². The summed E-state index contributed by atoms with van der Waals surface area (Å²) in [5, 5.41) is 0. The molecule has 2 aliphatic carbocycles. The minimum absolute atomic E-state index is 0.104. The molecule has 0 aliphatic heterocycles. The van der Waals surface area contributed by atoms with Crippen LogP contribution in [0.1, 0.15) is 39.0 Å². The highest BCUT2D eigenvalue weighted by Crippen LogP contribution is 2.45. The number of carbonyl (C=O) groups is 1. The first-order valence-corrected chi connectivity index (χ1v) is 4.94. The average Bonchev–Trinajstić information content (AvgIpc) is 1.91. The summed E-state index contributed by atoms with van der Waals surface area (Å²) >= 11 is 0. The summed E-state index contributed by atoms with van der Waals surface area (Å²) in [5.74, 6) is 1.48. The number of carbonyl (C=O) groups excluding carboxylic acids is 1. The molecular weight excluding hydrogens is 152 g/mol. The molecule has 0 unspecified atom stereocenters. The molecule has 0 radical (unpaired) electrons. The fraction of sp³-hybridized carbons (Fsp3) is 0.900. The van der Waals surface area contributed by atoms with E-state index in [1.165, 1.54) is 32.6 Å². The van der Waals surface area contributed by atoms with Crippen LogP contribution in [0.3, 0.4) is 0 Å². The molecule has 12 heavy (non-hydrogen) atoms. The third-order valence-corrected chi connectivity index (χ3v) is 3.33. The van der Waals surface area contributed by atoms with Crippen molar-refractivity contribution in [3.8, 4) is 0 Å². The van der Waals surface area contributed by atoms with E-state index in [0.717, 1.165) is 12.3 Å². The van der Waals surface area contributed by atoms with E-state index >= 15 is 0 Å². The number of hydrogen-bond acceptors (Lipinski definition) is 2. The van der Waals surface area contributed by atoms with Gasteiger partial charge in [-0.05, 0) is 43.9 Å². The minimum atomic E-state index is -0.104. The highest BCUT2D eigenvalue weighted by molar-refractivity contribution is 5.66. The summed E-state index contributed by atoms with van der Waals surface area (Å²) in [5.41, 5.74) is 0. The van der Waals surface area contributed by atoms with Crippen LogP contribution in [0.25, 0.3) is 0 Å². The van der Waals surface area contributed by atoms with Gasteiger partial charge in [0.05, 0.1) is 0 Å².